The Morgan fingerprint density at radius 3 is 1.57 bits per heavy atom. The molecule has 0 aromatic rings. The minimum absolute atomic E-state index is 0.109. The summed E-state index contributed by atoms with van der Waals surface area (Å²) in [7, 11) is 0. The van der Waals surface area contributed by atoms with Gasteiger partial charge in [0.05, 0.1) is 39.5 Å². The zero-order valence-corrected chi connectivity index (χ0v) is 17.8. The summed E-state index contributed by atoms with van der Waals surface area (Å²) in [4.78, 5) is 28.5. The second kappa shape index (κ2) is 9.91. The molecule has 30 heavy (non-hydrogen) atoms. The van der Waals surface area contributed by atoms with Gasteiger partial charge in [0.1, 0.15) is 0 Å². The number of hydrogen-bond donors (Lipinski definition) is 0. The Morgan fingerprint density at radius 2 is 1.10 bits per heavy atom. The number of piperidine rings is 2. The van der Waals surface area contributed by atoms with E-state index in [1.165, 1.54) is 0 Å². The van der Waals surface area contributed by atoms with Gasteiger partial charge in [0.15, 0.2) is 11.6 Å². The molecule has 9 nitrogen and oxygen atoms in total. The maximum Gasteiger partial charge on any atom is 0.224 e. The highest BCUT2D eigenvalue weighted by molar-refractivity contribution is 5.76. The van der Waals surface area contributed by atoms with Crippen LogP contribution in [0.25, 0.3) is 0 Å². The number of carbonyl (C=O) groups excluding carboxylic acids is 2. The van der Waals surface area contributed by atoms with Crippen molar-refractivity contribution in [3.63, 3.8) is 0 Å². The summed E-state index contributed by atoms with van der Waals surface area (Å²) >= 11 is 0. The lowest BCUT2D eigenvalue weighted by Crippen LogP contribution is -2.47. The van der Waals surface area contributed by atoms with Crippen LogP contribution in [0.1, 0.15) is 44.9 Å². The topological polar surface area (TPSA) is 86.8 Å². The van der Waals surface area contributed by atoms with E-state index in [9.17, 15) is 9.59 Å². The molecule has 0 radical (unpaired) electrons. The Bertz CT molecular complexity index is 530. The number of hydrogen-bond acceptors (Lipinski definition) is 7. The van der Waals surface area contributed by atoms with Crippen molar-refractivity contribution in [2.75, 3.05) is 65.8 Å². The Balaban J connectivity index is 1.03. The van der Waals surface area contributed by atoms with Gasteiger partial charge in [-0.05, 0) is 6.42 Å². The first-order valence-corrected chi connectivity index (χ1v) is 11.3. The normalized spacial score (nSPS) is 25.3. The van der Waals surface area contributed by atoms with Gasteiger partial charge >= 0.3 is 0 Å². The molecule has 0 atom stereocenters. The molecule has 0 saturated carbocycles. The summed E-state index contributed by atoms with van der Waals surface area (Å²) in [6.45, 7) is 6.17. The lowest BCUT2D eigenvalue weighted by atomic mass is 10.0. The lowest BCUT2D eigenvalue weighted by Gasteiger charge is -2.37. The van der Waals surface area contributed by atoms with Gasteiger partial charge in [-0.15, -0.1) is 0 Å². The van der Waals surface area contributed by atoms with Crippen LogP contribution in [0.2, 0.25) is 0 Å². The fraction of sp³-hybridized carbons (Fsp3) is 0.905. The molecular formula is C21H34N2O7. The van der Waals surface area contributed by atoms with Crippen LogP contribution in [0, 0.1) is 0 Å². The van der Waals surface area contributed by atoms with Crippen LogP contribution in [0.3, 0.4) is 0 Å². The zero-order chi connectivity index (χ0) is 20.9. The Hall–Kier alpha value is -1.26. The van der Waals surface area contributed by atoms with E-state index in [1.54, 1.807) is 0 Å². The molecule has 0 aromatic carbocycles. The minimum atomic E-state index is -0.452. The number of rotatable bonds is 7. The molecule has 4 fully saturated rings. The summed E-state index contributed by atoms with van der Waals surface area (Å²) in [5.41, 5.74) is 0. The van der Waals surface area contributed by atoms with Crippen molar-refractivity contribution in [1.29, 1.82) is 0 Å². The predicted molar refractivity (Wildman–Crippen MR) is 106 cm³/mol. The molecule has 0 unspecified atom stereocenters. The van der Waals surface area contributed by atoms with E-state index in [4.69, 9.17) is 23.7 Å². The van der Waals surface area contributed by atoms with E-state index < -0.39 is 11.6 Å². The molecule has 170 valence electrons. The van der Waals surface area contributed by atoms with Gasteiger partial charge in [0.2, 0.25) is 11.8 Å². The van der Waals surface area contributed by atoms with E-state index in [-0.39, 0.29) is 11.8 Å². The maximum atomic E-state index is 12.4. The average molecular weight is 427 g/mol. The van der Waals surface area contributed by atoms with Crippen LogP contribution in [-0.4, -0.2) is 99.0 Å². The molecular weight excluding hydrogens is 392 g/mol. The third-order valence-electron chi connectivity index (χ3n) is 6.52. The third kappa shape index (κ3) is 5.31. The molecule has 4 aliphatic heterocycles. The first-order valence-electron chi connectivity index (χ1n) is 11.3. The highest BCUT2D eigenvalue weighted by Gasteiger charge is 2.41. The van der Waals surface area contributed by atoms with Crippen LogP contribution in [-0.2, 0) is 33.3 Å². The fourth-order valence-corrected chi connectivity index (χ4v) is 4.67. The average Bonchev–Trinajstić information content (AvgIpc) is 3.41. The van der Waals surface area contributed by atoms with Crippen LogP contribution < -0.4 is 0 Å². The van der Waals surface area contributed by atoms with Gasteiger partial charge in [-0.2, -0.15) is 0 Å². The summed E-state index contributed by atoms with van der Waals surface area (Å²) in [5.74, 6) is -0.636. The zero-order valence-electron chi connectivity index (χ0n) is 17.8. The number of amides is 2. The van der Waals surface area contributed by atoms with Crippen LogP contribution in [0.15, 0.2) is 0 Å². The number of nitrogens with zero attached hydrogens (tertiary/aromatic N) is 2. The lowest BCUT2D eigenvalue weighted by molar-refractivity contribution is -0.188. The van der Waals surface area contributed by atoms with E-state index in [0.29, 0.717) is 85.1 Å². The van der Waals surface area contributed by atoms with Gasteiger partial charge in [-0.25, -0.2) is 0 Å². The van der Waals surface area contributed by atoms with Crippen molar-refractivity contribution >= 4 is 11.8 Å². The quantitative estimate of drug-likeness (QED) is 0.559. The Kier molecular flexibility index (Phi) is 7.25. The molecule has 4 heterocycles. The molecule has 4 rings (SSSR count). The number of carbonyl (C=O) groups is 2. The number of ether oxygens (including phenoxy) is 5. The summed E-state index contributed by atoms with van der Waals surface area (Å²) in [6, 6.07) is 0. The molecule has 0 aliphatic carbocycles. The monoisotopic (exact) mass is 426 g/mol. The van der Waals surface area contributed by atoms with Crippen molar-refractivity contribution in [3.8, 4) is 0 Å². The highest BCUT2D eigenvalue weighted by atomic mass is 16.7. The smallest absolute Gasteiger partial charge is 0.224 e. The fourth-order valence-electron chi connectivity index (χ4n) is 4.67. The summed E-state index contributed by atoms with van der Waals surface area (Å²) in [5, 5.41) is 0. The predicted octanol–water partition coefficient (Wildman–Crippen LogP) is 0.904. The van der Waals surface area contributed by atoms with Crippen molar-refractivity contribution in [2.24, 2.45) is 0 Å². The molecule has 0 N–H and O–H groups in total. The molecule has 4 saturated heterocycles. The molecule has 4 aliphatic rings. The minimum Gasteiger partial charge on any atom is -0.381 e. The maximum absolute atomic E-state index is 12.4. The largest absolute Gasteiger partial charge is 0.381 e. The number of likely N-dealkylation sites (tertiary alicyclic amines) is 2. The standard InChI is InChI=1S/C21H34N2O7/c24-18(22-8-4-20(5-9-22)27-14-15-28-20)2-1-12-26-13-3-19(25)23-10-6-21(7-11-23)29-16-17-30-21/h1-17H2. The second-order valence-corrected chi connectivity index (χ2v) is 8.44. The molecule has 2 spiro atoms. The second-order valence-electron chi connectivity index (χ2n) is 8.44. The van der Waals surface area contributed by atoms with Gasteiger partial charge in [0, 0.05) is 64.9 Å². The van der Waals surface area contributed by atoms with Crippen LogP contribution >= 0.6 is 0 Å². The van der Waals surface area contributed by atoms with Gasteiger partial charge in [-0.1, -0.05) is 0 Å². The van der Waals surface area contributed by atoms with Crippen molar-refractivity contribution in [3.05, 3.63) is 0 Å². The Morgan fingerprint density at radius 1 is 0.667 bits per heavy atom. The van der Waals surface area contributed by atoms with Gasteiger partial charge in [-0.3, -0.25) is 9.59 Å². The summed E-state index contributed by atoms with van der Waals surface area (Å²) in [6.07, 6.45) is 4.46. The van der Waals surface area contributed by atoms with E-state index in [2.05, 4.69) is 0 Å². The van der Waals surface area contributed by atoms with E-state index >= 15 is 0 Å². The van der Waals surface area contributed by atoms with Crippen LogP contribution in [0.5, 0.6) is 0 Å². The highest BCUT2D eigenvalue weighted by Crippen LogP contribution is 2.32. The van der Waals surface area contributed by atoms with Crippen molar-refractivity contribution in [1.82, 2.24) is 9.80 Å². The molecule has 9 heteroatoms. The summed E-state index contributed by atoms with van der Waals surface area (Å²) < 4.78 is 28.4. The van der Waals surface area contributed by atoms with Crippen LogP contribution in [0.4, 0.5) is 0 Å². The SMILES string of the molecule is O=C(CCCOCCC(=O)N1CCC2(CC1)OCCO2)N1CCC2(CC1)OCCO2. The van der Waals surface area contributed by atoms with E-state index in [1.807, 2.05) is 9.80 Å². The van der Waals surface area contributed by atoms with Gasteiger partial charge < -0.3 is 33.5 Å². The molecule has 2 amide bonds. The first-order chi connectivity index (χ1) is 14.6. The third-order valence-corrected chi connectivity index (χ3v) is 6.52. The van der Waals surface area contributed by atoms with E-state index in [0.717, 1.165) is 25.7 Å². The Labute approximate surface area is 177 Å². The molecule has 0 aromatic heterocycles. The van der Waals surface area contributed by atoms with Gasteiger partial charge in [0.25, 0.3) is 0 Å². The molecule has 0 bridgehead atoms. The van der Waals surface area contributed by atoms with Crippen molar-refractivity contribution in [2.45, 2.75) is 56.5 Å². The first kappa shape index (κ1) is 22.0. The van der Waals surface area contributed by atoms with Crippen molar-refractivity contribution < 1.29 is 33.3 Å².